The third kappa shape index (κ3) is 4.20. The van der Waals surface area contributed by atoms with Crippen molar-refractivity contribution in [3.05, 3.63) is 22.4 Å². The summed E-state index contributed by atoms with van der Waals surface area (Å²) < 4.78 is 0. The fraction of sp³-hybridized carbons (Fsp3) is 0.500. The minimum Gasteiger partial charge on any atom is -0.310 e. The van der Waals surface area contributed by atoms with Crippen molar-refractivity contribution in [1.29, 1.82) is 0 Å². The maximum absolute atomic E-state index is 11.3. The number of carbonyl (C=O) groups is 1. The molecule has 0 amide bonds. The largest absolute Gasteiger partial charge is 0.310 e. The molecule has 0 aliphatic rings. The predicted molar refractivity (Wildman–Crippen MR) is 56.2 cm³/mol. The van der Waals surface area contributed by atoms with Gasteiger partial charge in [-0.05, 0) is 35.4 Å². The zero-order valence-electron chi connectivity index (χ0n) is 7.88. The molecular weight excluding hydrogens is 182 g/mol. The van der Waals surface area contributed by atoms with E-state index in [1.54, 1.807) is 11.3 Å². The zero-order chi connectivity index (χ0) is 9.52. The molecule has 2 nitrogen and oxygen atoms in total. The van der Waals surface area contributed by atoms with Crippen molar-refractivity contribution in [2.24, 2.45) is 0 Å². The molecule has 0 radical (unpaired) electrons. The molecule has 0 aliphatic heterocycles. The maximum Gasteiger partial charge on any atom is 0.150 e. The van der Waals surface area contributed by atoms with Gasteiger partial charge < -0.3 is 5.32 Å². The smallest absolute Gasteiger partial charge is 0.150 e. The number of hydrogen-bond acceptors (Lipinski definition) is 3. The second-order valence-electron chi connectivity index (χ2n) is 3.02. The van der Waals surface area contributed by atoms with Crippen LogP contribution >= 0.6 is 11.3 Å². The van der Waals surface area contributed by atoms with Crippen LogP contribution in [0.1, 0.15) is 18.9 Å². The van der Waals surface area contributed by atoms with Gasteiger partial charge in [-0.3, -0.25) is 4.79 Å². The third-order valence-corrected chi connectivity index (χ3v) is 2.46. The molecule has 0 unspecified atom stereocenters. The van der Waals surface area contributed by atoms with Crippen molar-refractivity contribution in [3.63, 3.8) is 0 Å². The second-order valence-corrected chi connectivity index (χ2v) is 3.80. The van der Waals surface area contributed by atoms with Crippen molar-refractivity contribution < 1.29 is 4.79 Å². The summed E-state index contributed by atoms with van der Waals surface area (Å²) in [6.07, 6.45) is 1.64. The SMILES string of the molecule is CCCNCC(=O)Cc1ccsc1. The number of rotatable bonds is 6. The summed E-state index contributed by atoms with van der Waals surface area (Å²) in [5, 5.41) is 7.13. The van der Waals surface area contributed by atoms with Crippen LogP contribution in [0.5, 0.6) is 0 Å². The molecule has 0 atom stereocenters. The van der Waals surface area contributed by atoms with Crippen LogP contribution in [-0.2, 0) is 11.2 Å². The lowest BCUT2D eigenvalue weighted by Crippen LogP contribution is -2.24. The Kier molecular flexibility index (Phi) is 4.72. The average Bonchev–Trinajstić information content (AvgIpc) is 2.57. The number of hydrogen-bond donors (Lipinski definition) is 1. The summed E-state index contributed by atoms with van der Waals surface area (Å²) in [6.45, 7) is 3.52. The van der Waals surface area contributed by atoms with Crippen LogP contribution in [0.15, 0.2) is 16.8 Å². The van der Waals surface area contributed by atoms with Crippen LogP contribution in [0.2, 0.25) is 0 Å². The number of thiophene rings is 1. The first-order valence-corrected chi connectivity index (χ1v) is 5.50. The molecule has 1 aromatic heterocycles. The summed E-state index contributed by atoms with van der Waals surface area (Å²) in [5.74, 6) is 0.270. The third-order valence-electron chi connectivity index (χ3n) is 1.73. The number of Topliss-reactive ketones (excluding diaryl/α,β-unsaturated/α-hetero) is 1. The molecule has 1 aromatic rings. The molecule has 0 saturated carbocycles. The van der Waals surface area contributed by atoms with Gasteiger partial charge in [0.1, 0.15) is 0 Å². The highest BCUT2D eigenvalue weighted by Gasteiger charge is 2.02. The summed E-state index contributed by atoms with van der Waals surface area (Å²) >= 11 is 1.64. The average molecular weight is 197 g/mol. The van der Waals surface area contributed by atoms with E-state index < -0.39 is 0 Å². The number of ketones is 1. The lowest BCUT2D eigenvalue weighted by atomic mass is 10.2. The Hall–Kier alpha value is -0.670. The van der Waals surface area contributed by atoms with Crippen LogP contribution in [0.4, 0.5) is 0 Å². The minimum atomic E-state index is 0.270. The summed E-state index contributed by atoms with van der Waals surface area (Å²) in [4.78, 5) is 11.3. The first-order valence-electron chi connectivity index (χ1n) is 4.56. The van der Waals surface area contributed by atoms with Crippen molar-refractivity contribution in [1.82, 2.24) is 5.32 Å². The Morgan fingerprint density at radius 2 is 2.46 bits per heavy atom. The van der Waals surface area contributed by atoms with E-state index >= 15 is 0 Å². The molecular formula is C10H15NOS. The quantitative estimate of drug-likeness (QED) is 0.705. The van der Waals surface area contributed by atoms with Crippen LogP contribution in [0.25, 0.3) is 0 Å². The fourth-order valence-electron chi connectivity index (χ4n) is 1.09. The molecule has 3 heteroatoms. The van der Waals surface area contributed by atoms with Gasteiger partial charge in [-0.25, -0.2) is 0 Å². The number of nitrogens with one attached hydrogen (secondary N) is 1. The van der Waals surface area contributed by atoms with Crippen LogP contribution in [0, 0.1) is 0 Å². The Labute approximate surface area is 83.0 Å². The van der Waals surface area contributed by atoms with Crippen molar-refractivity contribution in [3.8, 4) is 0 Å². The topological polar surface area (TPSA) is 29.1 Å². The maximum atomic E-state index is 11.3. The van der Waals surface area contributed by atoms with Gasteiger partial charge >= 0.3 is 0 Å². The van der Waals surface area contributed by atoms with Crippen LogP contribution < -0.4 is 5.32 Å². The van der Waals surface area contributed by atoms with Gasteiger partial charge in [-0.1, -0.05) is 6.92 Å². The van der Waals surface area contributed by atoms with Crippen LogP contribution in [0.3, 0.4) is 0 Å². The van der Waals surface area contributed by atoms with Crippen molar-refractivity contribution in [2.75, 3.05) is 13.1 Å². The highest BCUT2D eigenvalue weighted by Crippen LogP contribution is 2.06. The van der Waals surface area contributed by atoms with Gasteiger partial charge in [0.15, 0.2) is 5.78 Å². The van der Waals surface area contributed by atoms with Gasteiger partial charge in [0.05, 0.1) is 6.54 Å². The monoisotopic (exact) mass is 197 g/mol. The molecule has 13 heavy (non-hydrogen) atoms. The Bertz CT molecular complexity index is 243. The van der Waals surface area contributed by atoms with E-state index in [0.717, 1.165) is 18.5 Å². The van der Waals surface area contributed by atoms with Gasteiger partial charge in [0, 0.05) is 6.42 Å². The molecule has 1 heterocycles. The lowest BCUT2D eigenvalue weighted by Gasteiger charge is -2.00. The van der Waals surface area contributed by atoms with Crippen molar-refractivity contribution >= 4 is 17.1 Å². The summed E-state index contributed by atoms with van der Waals surface area (Å²) in [5.41, 5.74) is 1.13. The van der Waals surface area contributed by atoms with Gasteiger partial charge in [0.25, 0.3) is 0 Å². The van der Waals surface area contributed by atoms with Gasteiger partial charge in [-0.15, -0.1) is 0 Å². The highest BCUT2D eigenvalue weighted by atomic mass is 32.1. The molecule has 0 aliphatic carbocycles. The summed E-state index contributed by atoms with van der Waals surface area (Å²) in [6, 6.07) is 2.00. The predicted octanol–water partition coefficient (Wildman–Crippen LogP) is 1.86. The first-order chi connectivity index (χ1) is 6.33. The minimum absolute atomic E-state index is 0.270. The molecule has 72 valence electrons. The highest BCUT2D eigenvalue weighted by molar-refractivity contribution is 7.07. The molecule has 0 spiro atoms. The lowest BCUT2D eigenvalue weighted by molar-refractivity contribution is -0.117. The van der Waals surface area contributed by atoms with E-state index in [4.69, 9.17) is 0 Å². The Morgan fingerprint density at radius 1 is 1.62 bits per heavy atom. The first kappa shape index (κ1) is 10.4. The van der Waals surface area contributed by atoms with E-state index in [1.165, 1.54) is 0 Å². The van der Waals surface area contributed by atoms with Gasteiger partial charge in [0.2, 0.25) is 0 Å². The normalized spacial score (nSPS) is 10.2. The Morgan fingerprint density at radius 3 is 3.08 bits per heavy atom. The van der Waals surface area contributed by atoms with Crippen LogP contribution in [-0.4, -0.2) is 18.9 Å². The molecule has 1 rings (SSSR count). The molecule has 1 N–H and O–H groups in total. The molecule has 0 saturated heterocycles. The summed E-state index contributed by atoms with van der Waals surface area (Å²) in [7, 11) is 0. The fourth-order valence-corrected chi connectivity index (χ4v) is 1.76. The van der Waals surface area contributed by atoms with E-state index in [2.05, 4.69) is 12.2 Å². The van der Waals surface area contributed by atoms with E-state index in [9.17, 15) is 4.79 Å². The molecule has 0 bridgehead atoms. The van der Waals surface area contributed by atoms with E-state index in [1.807, 2.05) is 16.8 Å². The van der Waals surface area contributed by atoms with E-state index in [-0.39, 0.29) is 5.78 Å². The molecule has 0 fully saturated rings. The Balaban J connectivity index is 2.18. The zero-order valence-corrected chi connectivity index (χ0v) is 8.69. The van der Waals surface area contributed by atoms with E-state index in [0.29, 0.717) is 13.0 Å². The molecule has 0 aromatic carbocycles. The van der Waals surface area contributed by atoms with Crippen molar-refractivity contribution in [2.45, 2.75) is 19.8 Å². The second kappa shape index (κ2) is 5.89. The standard InChI is InChI=1S/C10H15NOS/c1-2-4-11-7-10(12)6-9-3-5-13-8-9/h3,5,8,11H,2,4,6-7H2,1H3. The number of carbonyl (C=O) groups excluding carboxylic acids is 1. The van der Waals surface area contributed by atoms with Gasteiger partial charge in [-0.2, -0.15) is 11.3 Å².